The average Bonchev–Trinajstić information content (AvgIpc) is 2.64. The highest BCUT2D eigenvalue weighted by atomic mass is 35.5. The molecule has 0 bridgehead atoms. The second-order valence-corrected chi connectivity index (χ2v) is 7.41. The van der Waals surface area contributed by atoms with Crippen LogP contribution in [0.25, 0.3) is 0 Å². The van der Waals surface area contributed by atoms with Crippen LogP contribution < -0.4 is 5.32 Å². The van der Waals surface area contributed by atoms with Crippen molar-refractivity contribution in [2.45, 2.75) is 12.8 Å². The summed E-state index contributed by atoms with van der Waals surface area (Å²) in [5, 5.41) is 4.21. The SMILES string of the molecule is O=C(Nc1cc(Cl)ccc1Cl)C1CCN(C(=O)c2ccccc2Cl)CC1. The van der Waals surface area contributed by atoms with E-state index in [4.69, 9.17) is 34.8 Å². The molecular weight excluding hydrogens is 395 g/mol. The van der Waals surface area contributed by atoms with Crippen LogP contribution in [0.3, 0.4) is 0 Å². The van der Waals surface area contributed by atoms with Gasteiger partial charge in [-0.2, -0.15) is 0 Å². The first kappa shape index (κ1) is 19.0. The van der Waals surface area contributed by atoms with Gasteiger partial charge in [0.2, 0.25) is 5.91 Å². The first-order valence-corrected chi connectivity index (χ1v) is 9.39. The van der Waals surface area contributed by atoms with E-state index in [9.17, 15) is 9.59 Å². The minimum absolute atomic E-state index is 0.104. The number of nitrogens with one attached hydrogen (secondary N) is 1. The van der Waals surface area contributed by atoms with E-state index in [1.165, 1.54) is 0 Å². The van der Waals surface area contributed by atoms with Crippen LogP contribution in [0.5, 0.6) is 0 Å². The molecule has 1 aliphatic rings. The number of hydrogen-bond acceptors (Lipinski definition) is 2. The number of carbonyl (C=O) groups excluding carboxylic acids is 2. The van der Waals surface area contributed by atoms with E-state index in [0.29, 0.717) is 52.2 Å². The molecule has 4 nitrogen and oxygen atoms in total. The van der Waals surface area contributed by atoms with Crippen molar-refractivity contribution < 1.29 is 9.59 Å². The third-order valence-corrected chi connectivity index (χ3v) is 5.34. The molecule has 0 aromatic heterocycles. The summed E-state index contributed by atoms with van der Waals surface area (Å²) in [5.41, 5.74) is 0.988. The maximum atomic E-state index is 12.6. The first-order valence-electron chi connectivity index (χ1n) is 8.25. The van der Waals surface area contributed by atoms with Gasteiger partial charge in [0.05, 0.1) is 21.3 Å². The van der Waals surface area contributed by atoms with E-state index in [1.807, 2.05) is 0 Å². The Morgan fingerprint density at radius 2 is 1.65 bits per heavy atom. The lowest BCUT2D eigenvalue weighted by Gasteiger charge is -2.31. The Kier molecular flexibility index (Phi) is 6.07. The third-order valence-electron chi connectivity index (χ3n) is 4.44. The number of piperidine rings is 1. The van der Waals surface area contributed by atoms with Gasteiger partial charge in [0, 0.05) is 24.0 Å². The van der Waals surface area contributed by atoms with Gasteiger partial charge in [-0.25, -0.2) is 0 Å². The molecule has 0 saturated carbocycles. The van der Waals surface area contributed by atoms with Crippen molar-refractivity contribution in [1.82, 2.24) is 4.90 Å². The summed E-state index contributed by atoms with van der Waals surface area (Å²) in [7, 11) is 0. The second-order valence-electron chi connectivity index (χ2n) is 6.16. The molecule has 0 spiro atoms. The van der Waals surface area contributed by atoms with Gasteiger partial charge >= 0.3 is 0 Å². The number of carbonyl (C=O) groups is 2. The van der Waals surface area contributed by atoms with Gasteiger partial charge in [0.25, 0.3) is 5.91 Å². The van der Waals surface area contributed by atoms with Gasteiger partial charge in [0.1, 0.15) is 0 Å². The zero-order chi connectivity index (χ0) is 18.7. The van der Waals surface area contributed by atoms with Gasteiger partial charge in [-0.05, 0) is 43.2 Å². The number of benzene rings is 2. The normalized spacial score (nSPS) is 15.0. The maximum Gasteiger partial charge on any atom is 0.255 e. The molecule has 0 unspecified atom stereocenters. The fraction of sp³-hybridized carbons (Fsp3) is 0.263. The van der Waals surface area contributed by atoms with Crippen LogP contribution in [-0.4, -0.2) is 29.8 Å². The zero-order valence-electron chi connectivity index (χ0n) is 13.8. The van der Waals surface area contributed by atoms with Crippen LogP contribution in [0.2, 0.25) is 15.1 Å². The highest BCUT2D eigenvalue weighted by Crippen LogP contribution is 2.28. The number of halogens is 3. The van der Waals surface area contributed by atoms with E-state index in [1.54, 1.807) is 47.4 Å². The number of rotatable bonds is 3. The van der Waals surface area contributed by atoms with Crippen LogP contribution in [-0.2, 0) is 4.79 Å². The maximum absolute atomic E-state index is 12.6. The number of likely N-dealkylation sites (tertiary alicyclic amines) is 1. The number of anilines is 1. The quantitative estimate of drug-likeness (QED) is 0.760. The van der Waals surface area contributed by atoms with Crippen LogP contribution in [0, 0.1) is 5.92 Å². The molecule has 136 valence electrons. The Hall–Kier alpha value is -1.75. The predicted molar refractivity (Wildman–Crippen MR) is 105 cm³/mol. The summed E-state index contributed by atoms with van der Waals surface area (Å²) in [6, 6.07) is 11.9. The summed E-state index contributed by atoms with van der Waals surface area (Å²) in [5.74, 6) is -0.397. The minimum Gasteiger partial charge on any atom is -0.339 e. The Bertz CT molecular complexity index is 833. The molecule has 1 N–H and O–H groups in total. The third kappa shape index (κ3) is 4.32. The molecule has 1 saturated heterocycles. The largest absolute Gasteiger partial charge is 0.339 e. The van der Waals surface area contributed by atoms with Crippen molar-refractivity contribution in [3.05, 3.63) is 63.1 Å². The Balaban J connectivity index is 1.60. The molecule has 2 amide bonds. The van der Waals surface area contributed by atoms with E-state index in [-0.39, 0.29) is 17.7 Å². The number of hydrogen-bond donors (Lipinski definition) is 1. The smallest absolute Gasteiger partial charge is 0.255 e. The predicted octanol–water partition coefficient (Wildman–Crippen LogP) is 5.14. The van der Waals surface area contributed by atoms with Crippen LogP contribution >= 0.6 is 34.8 Å². The second kappa shape index (κ2) is 8.30. The molecule has 2 aromatic rings. The molecule has 2 aromatic carbocycles. The molecule has 0 aliphatic carbocycles. The van der Waals surface area contributed by atoms with Gasteiger partial charge in [0.15, 0.2) is 0 Å². The molecule has 7 heteroatoms. The summed E-state index contributed by atoms with van der Waals surface area (Å²) in [6.45, 7) is 1.01. The summed E-state index contributed by atoms with van der Waals surface area (Å²) < 4.78 is 0. The van der Waals surface area contributed by atoms with Crippen molar-refractivity contribution in [3.63, 3.8) is 0 Å². The highest BCUT2D eigenvalue weighted by molar-refractivity contribution is 6.35. The molecule has 3 rings (SSSR count). The van der Waals surface area contributed by atoms with Crippen molar-refractivity contribution in [2.75, 3.05) is 18.4 Å². The summed E-state index contributed by atoms with van der Waals surface area (Å²) in [6.07, 6.45) is 1.17. The Morgan fingerprint density at radius 1 is 0.962 bits per heavy atom. The Labute approximate surface area is 167 Å². The molecule has 1 aliphatic heterocycles. The number of nitrogens with zero attached hydrogens (tertiary/aromatic N) is 1. The average molecular weight is 412 g/mol. The minimum atomic E-state index is -0.180. The molecule has 1 heterocycles. The van der Waals surface area contributed by atoms with Crippen LogP contribution in [0.15, 0.2) is 42.5 Å². The van der Waals surface area contributed by atoms with Crippen LogP contribution in [0.4, 0.5) is 5.69 Å². The van der Waals surface area contributed by atoms with Crippen molar-refractivity contribution in [1.29, 1.82) is 0 Å². The summed E-state index contributed by atoms with van der Waals surface area (Å²) in [4.78, 5) is 26.8. The molecule has 26 heavy (non-hydrogen) atoms. The topological polar surface area (TPSA) is 49.4 Å². The molecule has 1 fully saturated rings. The van der Waals surface area contributed by atoms with Crippen molar-refractivity contribution in [3.8, 4) is 0 Å². The fourth-order valence-electron chi connectivity index (χ4n) is 2.98. The van der Waals surface area contributed by atoms with Crippen LogP contribution in [0.1, 0.15) is 23.2 Å². The fourth-order valence-corrected chi connectivity index (χ4v) is 3.53. The van der Waals surface area contributed by atoms with Gasteiger partial charge in [-0.15, -0.1) is 0 Å². The lowest BCUT2D eigenvalue weighted by molar-refractivity contribution is -0.121. The van der Waals surface area contributed by atoms with Gasteiger partial charge < -0.3 is 10.2 Å². The Morgan fingerprint density at radius 3 is 2.35 bits per heavy atom. The molecular formula is C19H17Cl3N2O2. The van der Waals surface area contributed by atoms with E-state index in [2.05, 4.69) is 5.32 Å². The molecule has 0 atom stereocenters. The summed E-state index contributed by atoms with van der Waals surface area (Å²) >= 11 is 18.1. The van der Waals surface area contributed by atoms with E-state index < -0.39 is 0 Å². The van der Waals surface area contributed by atoms with Crippen molar-refractivity contribution in [2.24, 2.45) is 5.92 Å². The first-order chi connectivity index (χ1) is 12.5. The van der Waals surface area contributed by atoms with Gasteiger partial charge in [-0.1, -0.05) is 46.9 Å². The monoisotopic (exact) mass is 410 g/mol. The van der Waals surface area contributed by atoms with E-state index in [0.717, 1.165) is 0 Å². The lowest BCUT2D eigenvalue weighted by Crippen LogP contribution is -2.41. The zero-order valence-corrected chi connectivity index (χ0v) is 16.1. The van der Waals surface area contributed by atoms with E-state index >= 15 is 0 Å². The number of amides is 2. The standard InChI is InChI=1S/C19H17Cl3N2O2/c20-13-5-6-16(22)17(11-13)23-18(25)12-7-9-24(10-8-12)19(26)14-3-1-2-4-15(14)21/h1-6,11-12H,7-10H2,(H,23,25). The highest BCUT2D eigenvalue weighted by Gasteiger charge is 2.28. The lowest BCUT2D eigenvalue weighted by atomic mass is 9.95. The molecule has 0 radical (unpaired) electrons. The van der Waals surface area contributed by atoms with Crippen molar-refractivity contribution >= 4 is 52.3 Å². The van der Waals surface area contributed by atoms with Gasteiger partial charge in [-0.3, -0.25) is 9.59 Å².